The zero-order chi connectivity index (χ0) is 13.4. The molecule has 2 nitrogen and oxygen atoms in total. The summed E-state index contributed by atoms with van der Waals surface area (Å²) in [5.74, 6) is 0. The van der Waals surface area contributed by atoms with Crippen molar-refractivity contribution in [1.82, 2.24) is 5.32 Å². The molecule has 18 heavy (non-hydrogen) atoms. The van der Waals surface area contributed by atoms with Crippen molar-refractivity contribution in [1.29, 1.82) is 0 Å². The number of benzene rings is 1. The van der Waals surface area contributed by atoms with Crippen LogP contribution in [0.2, 0.25) is 0 Å². The number of aliphatic hydroxyl groups is 1. The van der Waals surface area contributed by atoms with E-state index in [1.165, 1.54) is 11.1 Å². The van der Waals surface area contributed by atoms with E-state index in [4.69, 9.17) is 0 Å². The van der Waals surface area contributed by atoms with E-state index < -0.39 is 0 Å². The van der Waals surface area contributed by atoms with Gasteiger partial charge in [0, 0.05) is 11.5 Å². The number of hydrogen-bond acceptors (Lipinski definition) is 2. The molecule has 1 aliphatic rings. The minimum Gasteiger partial charge on any atom is -0.396 e. The summed E-state index contributed by atoms with van der Waals surface area (Å²) < 4.78 is 0. The van der Waals surface area contributed by atoms with Gasteiger partial charge < -0.3 is 10.4 Å². The average molecular weight is 247 g/mol. The van der Waals surface area contributed by atoms with Gasteiger partial charge >= 0.3 is 0 Å². The fraction of sp³-hybridized carbons (Fsp3) is 0.625. The van der Waals surface area contributed by atoms with Gasteiger partial charge in [0.15, 0.2) is 0 Å². The Hall–Kier alpha value is -0.860. The first-order chi connectivity index (χ1) is 8.43. The van der Waals surface area contributed by atoms with Crippen LogP contribution in [0.4, 0.5) is 0 Å². The molecule has 2 N–H and O–H groups in total. The Morgan fingerprint density at radius 1 is 1.22 bits per heavy atom. The van der Waals surface area contributed by atoms with Crippen LogP contribution in [0.1, 0.15) is 50.8 Å². The molecule has 1 aliphatic carbocycles. The maximum absolute atomic E-state index is 9.56. The van der Waals surface area contributed by atoms with Crippen LogP contribution in [0.5, 0.6) is 0 Å². The second kappa shape index (κ2) is 4.67. The summed E-state index contributed by atoms with van der Waals surface area (Å²) in [6.45, 7) is 6.97. The largest absolute Gasteiger partial charge is 0.396 e. The molecule has 2 rings (SSSR count). The van der Waals surface area contributed by atoms with Crippen LogP contribution in [-0.2, 0) is 5.41 Å². The van der Waals surface area contributed by atoms with Gasteiger partial charge in [-0.15, -0.1) is 0 Å². The number of rotatable bonds is 4. The SMILES string of the molecule is CNC(c1ccc(C(C)(C)C)cc1)C1(CO)CC1. The molecule has 1 aromatic carbocycles. The van der Waals surface area contributed by atoms with Crippen LogP contribution in [-0.4, -0.2) is 18.8 Å². The van der Waals surface area contributed by atoms with Gasteiger partial charge in [-0.05, 0) is 36.4 Å². The Balaban J connectivity index is 2.23. The highest BCUT2D eigenvalue weighted by Gasteiger charge is 2.48. The molecule has 0 bridgehead atoms. The highest BCUT2D eigenvalue weighted by atomic mass is 16.3. The van der Waals surface area contributed by atoms with Crippen LogP contribution >= 0.6 is 0 Å². The molecule has 1 atom stereocenters. The highest BCUT2D eigenvalue weighted by Crippen LogP contribution is 2.54. The first-order valence-corrected chi connectivity index (χ1v) is 6.81. The highest BCUT2D eigenvalue weighted by molar-refractivity contribution is 5.31. The van der Waals surface area contributed by atoms with Gasteiger partial charge in [-0.25, -0.2) is 0 Å². The fourth-order valence-corrected chi connectivity index (χ4v) is 2.70. The van der Waals surface area contributed by atoms with E-state index in [2.05, 4.69) is 50.4 Å². The zero-order valence-corrected chi connectivity index (χ0v) is 12.0. The van der Waals surface area contributed by atoms with Gasteiger partial charge in [-0.3, -0.25) is 0 Å². The van der Waals surface area contributed by atoms with E-state index in [9.17, 15) is 5.11 Å². The van der Waals surface area contributed by atoms with Gasteiger partial charge in [0.1, 0.15) is 0 Å². The molecule has 2 heteroatoms. The topological polar surface area (TPSA) is 32.3 Å². The van der Waals surface area contributed by atoms with Gasteiger partial charge in [-0.2, -0.15) is 0 Å². The molecule has 1 saturated carbocycles. The molecule has 1 fully saturated rings. The molecule has 0 heterocycles. The Labute approximate surface area is 110 Å². The Morgan fingerprint density at radius 3 is 2.11 bits per heavy atom. The molecule has 1 unspecified atom stereocenters. The van der Waals surface area contributed by atoms with Crippen LogP contribution in [0.3, 0.4) is 0 Å². The second-order valence-corrected chi connectivity index (χ2v) is 6.61. The summed E-state index contributed by atoms with van der Waals surface area (Å²) in [6.07, 6.45) is 2.24. The van der Waals surface area contributed by atoms with Crippen LogP contribution in [0.15, 0.2) is 24.3 Å². The lowest BCUT2D eigenvalue weighted by Crippen LogP contribution is -2.29. The lowest BCUT2D eigenvalue weighted by Gasteiger charge is -2.26. The lowest BCUT2D eigenvalue weighted by atomic mass is 9.84. The normalized spacial score (nSPS) is 19.6. The number of aliphatic hydroxyl groups excluding tert-OH is 1. The van der Waals surface area contributed by atoms with Crippen molar-refractivity contribution in [3.8, 4) is 0 Å². The molecular formula is C16H25NO. The summed E-state index contributed by atoms with van der Waals surface area (Å²) >= 11 is 0. The molecule has 0 saturated heterocycles. The standard InChI is InChI=1S/C16H25NO/c1-15(2,3)13-7-5-12(6-8-13)14(17-4)16(11-18)9-10-16/h5-8,14,17-18H,9-11H2,1-4H3. The van der Waals surface area contributed by atoms with E-state index in [-0.39, 0.29) is 23.5 Å². The quantitative estimate of drug-likeness (QED) is 0.857. The first-order valence-electron chi connectivity index (χ1n) is 6.81. The van der Waals surface area contributed by atoms with E-state index >= 15 is 0 Å². The monoisotopic (exact) mass is 247 g/mol. The van der Waals surface area contributed by atoms with Crippen molar-refractivity contribution in [2.24, 2.45) is 5.41 Å². The molecule has 100 valence electrons. The summed E-state index contributed by atoms with van der Waals surface area (Å²) in [5, 5.41) is 12.9. The molecular weight excluding hydrogens is 222 g/mol. The third-order valence-corrected chi connectivity index (χ3v) is 4.22. The van der Waals surface area contributed by atoms with Crippen LogP contribution in [0, 0.1) is 5.41 Å². The molecule has 0 aliphatic heterocycles. The van der Waals surface area contributed by atoms with Gasteiger partial charge in [0.25, 0.3) is 0 Å². The number of hydrogen-bond donors (Lipinski definition) is 2. The van der Waals surface area contributed by atoms with Gasteiger partial charge in [-0.1, -0.05) is 45.0 Å². The fourth-order valence-electron chi connectivity index (χ4n) is 2.70. The van der Waals surface area contributed by atoms with E-state index in [0.29, 0.717) is 0 Å². The van der Waals surface area contributed by atoms with Gasteiger partial charge in [0.2, 0.25) is 0 Å². The summed E-state index contributed by atoms with van der Waals surface area (Å²) in [4.78, 5) is 0. The summed E-state index contributed by atoms with van der Waals surface area (Å²) in [7, 11) is 1.98. The number of nitrogens with one attached hydrogen (secondary N) is 1. The third kappa shape index (κ3) is 2.45. The predicted octanol–water partition coefficient (Wildman–Crippen LogP) is 3.02. The minimum absolute atomic E-state index is 0.0813. The van der Waals surface area contributed by atoms with Crippen molar-refractivity contribution in [3.63, 3.8) is 0 Å². The Kier molecular flexibility index (Phi) is 3.52. The van der Waals surface area contributed by atoms with Crippen molar-refractivity contribution in [2.75, 3.05) is 13.7 Å². The molecule has 1 aromatic rings. The predicted molar refractivity (Wildman–Crippen MR) is 75.7 cm³/mol. The molecule has 0 amide bonds. The van der Waals surface area contributed by atoms with Crippen molar-refractivity contribution >= 4 is 0 Å². The molecule has 0 radical (unpaired) electrons. The van der Waals surface area contributed by atoms with Crippen molar-refractivity contribution < 1.29 is 5.11 Å². The van der Waals surface area contributed by atoms with Crippen molar-refractivity contribution in [2.45, 2.75) is 45.1 Å². The Bertz CT molecular complexity index is 398. The van der Waals surface area contributed by atoms with Gasteiger partial charge in [0.05, 0.1) is 6.61 Å². The zero-order valence-electron chi connectivity index (χ0n) is 12.0. The average Bonchev–Trinajstić information content (AvgIpc) is 3.11. The summed E-state index contributed by atoms with van der Waals surface area (Å²) in [6, 6.07) is 9.12. The van der Waals surface area contributed by atoms with Crippen molar-refractivity contribution in [3.05, 3.63) is 35.4 Å². The maximum Gasteiger partial charge on any atom is 0.0505 e. The molecule has 0 aromatic heterocycles. The van der Waals surface area contributed by atoms with E-state index in [1.54, 1.807) is 0 Å². The summed E-state index contributed by atoms with van der Waals surface area (Å²) in [5.41, 5.74) is 2.92. The van der Waals surface area contributed by atoms with Crippen LogP contribution in [0.25, 0.3) is 0 Å². The lowest BCUT2D eigenvalue weighted by molar-refractivity contribution is 0.175. The maximum atomic E-state index is 9.56. The first kappa shape index (κ1) is 13.6. The van der Waals surface area contributed by atoms with E-state index in [0.717, 1.165) is 12.8 Å². The smallest absolute Gasteiger partial charge is 0.0505 e. The Morgan fingerprint density at radius 2 is 1.78 bits per heavy atom. The third-order valence-electron chi connectivity index (χ3n) is 4.22. The second-order valence-electron chi connectivity index (χ2n) is 6.61. The minimum atomic E-state index is 0.0813. The van der Waals surface area contributed by atoms with E-state index in [1.807, 2.05) is 7.05 Å². The van der Waals surface area contributed by atoms with Crippen LogP contribution < -0.4 is 5.32 Å². The molecule has 0 spiro atoms.